The highest BCUT2D eigenvalue weighted by atomic mass is 16.1. The van der Waals surface area contributed by atoms with E-state index in [0.717, 1.165) is 30.6 Å². The summed E-state index contributed by atoms with van der Waals surface area (Å²) in [6, 6.07) is 0. The van der Waals surface area contributed by atoms with Gasteiger partial charge >= 0.3 is 0 Å². The second-order valence-electron chi connectivity index (χ2n) is 3.13. The first kappa shape index (κ1) is 9.96. The Kier molecular flexibility index (Phi) is 3.23. The number of aromatic nitrogens is 2. The lowest BCUT2D eigenvalue weighted by atomic mass is 10.1. The van der Waals surface area contributed by atoms with Gasteiger partial charge in [0, 0.05) is 12.2 Å². The lowest BCUT2D eigenvalue weighted by Gasteiger charge is -2.04. The number of ketones is 1. The maximum Gasteiger partial charge on any atom is 0.163 e. The van der Waals surface area contributed by atoms with Crippen molar-refractivity contribution >= 4 is 5.78 Å². The molecule has 0 saturated carbocycles. The summed E-state index contributed by atoms with van der Waals surface area (Å²) in [7, 11) is 0. The molecule has 1 rings (SSSR count). The van der Waals surface area contributed by atoms with Crippen LogP contribution in [0.25, 0.3) is 0 Å². The molecule has 0 saturated heterocycles. The molecule has 0 aliphatic heterocycles. The lowest BCUT2D eigenvalue weighted by molar-refractivity contribution is 0.101. The Morgan fingerprint density at radius 2 is 2.23 bits per heavy atom. The molecular formula is C10H16N2O. The van der Waals surface area contributed by atoms with Gasteiger partial charge in [0.25, 0.3) is 0 Å². The number of aryl methyl sites for hydroxylation is 1. The highest BCUT2D eigenvalue weighted by Crippen LogP contribution is 2.11. The number of hydrogen-bond donors (Lipinski definition) is 0. The van der Waals surface area contributed by atoms with Gasteiger partial charge in [0.1, 0.15) is 0 Å². The van der Waals surface area contributed by atoms with Crippen LogP contribution in [-0.4, -0.2) is 15.6 Å². The Labute approximate surface area is 78.8 Å². The van der Waals surface area contributed by atoms with Crippen molar-refractivity contribution in [2.24, 2.45) is 0 Å². The van der Waals surface area contributed by atoms with Crippen LogP contribution in [0.5, 0.6) is 0 Å². The number of rotatable bonds is 4. The number of carbonyl (C=O) groups excluding carboxylic acids is 1. The first-order chi connectivity index (χ1) is 6.20. The minimum Gasteiger partial charge on any atom is -0.294 e. The van der Waals surface area contributed by atoms with Crippen molar-refractivity contribution in [3.8, 4) is 0 Å². The Morgan fingerprint density at radius 3 is 2.69 bits per heavy atom. The fourth-order valence-corrected chi connectivity index (χ4v) is 1.48. The first-order valence-electron chi connectivity index (χ1n) is 4.76. The van der Waals surface area contributed by atoms with E-state index in [1.807, 2.05) is 11.6 Å². The third kappa shape index (κ3) is 1.97. The summed E-state index contributed by atoms with van der Waals surface area (Å²) in [5.74, 6) is 0.114. The van der Waals surface area contributed by atoms with Crippen LogP contribution in [0, 0.1) is 0 Å². The zero-order chi connectivity index (χ0) is 9.84. The molecule has 0 amide bonds. The molecule has 1 aromatic heterocycles. The van der Waals surface area contributed by atoms with Crippen LogP contribution >= 0.6 is 0 Å². The Bertz CT molecular complexity index is 302. The fourth-order valence-electron chi connectivity index (χ4n) is 1.48. The zero-order valence-corrected chi connectivity index (χ0v) is 8.50. The smallest absolute Gasteiger partial charge is 0.163 e. The normalized spacial score (nSPS) is 10.4. The van der Waals surface area contributed by atoms with E-state index in [9.17, 15) is 4.79 Å². The lowest BCUT2D eigenvalue weighted by Crippen LogP contribution is -2.05. The first-order valence-corrected chi connectivity index (χ1v) is 4.76. The molecule has 3 heteroatoms. The predicted octanol–water partition coefficient (Wildman–Crippen LogP) is 2.06. The van der Waals surface area contributed by atoms with E-state index in [1.165, 1.54) is 0 Å². The SMILES string of the molecule is CCCc1c(C(C)=O)cnn1CC. The van der Waals surface area contributed by atoms with Gasteiger partial charge in [-0.15, -0.1) is 0 Å². The van der Waals surface area contributed by atoms with Crippen LogP contribution < -0.4 is 0 Å². The van der Waals surface area contributed by atoms with Gasteiger partial charge in [-0.3, -0.25) is 9.48 Å². The fraction of sp³-hybridized carbons (Fsp3) is 0.600. The standard InChI is InChI=1S/C10H16N2O/c1-4-6-10-9(8(3)13)7-11-12(10)5-2/h7H,4-6H2,1-3H3. The summed E-state index contributed by atoms with van der Waals surface area (Å²) in [6.45, 7) is 6.58. The van der Waals surface area contributed by atoms with Gasteiger partial charge in [-0.2, -0.15) is 5.10 Å². The van der Waals surface area contributed by atoms with Crippen molar-refractivity contribution in [2.45, 2.75) is 40.2 Å². The molecule has 0 unspecified atom stereocenters. The largest absolute Gasteiger partial charge is 0.294 e. The highest BCUT2D eigenvalue weighted by molar-refractivity contribution is 5.94. The maximum absolute atomic E-state index is 11.2. The maximum atomic E-state index is 11.2. The van der Waals surface area contributed by atoms with Gasteiger partial charge in [-0.05, 0) is 20.3 Å². The van der Waals surface area contributed by atoms with Crippen molar-refractivity contribution in [1.82, 2.24) is 9.78 Å². The van der Waals surface area contributed by atoms with E-state index in [0.29, 0.717) is 0 Å². The van der Waals surface area contributed by atoms with Gasteiger partial charge in [0.15, 0.2) is 5.78 Å². The molecule has 0 bridgehead atoms. The molecule has 1 aromatic rings. The highest BCUT2D eigenvalue weighted by Gasteiger charge is 2.11. The number of hydrogen-bond acceptors (Lipinski definition) is 2. The summed E-state index contributed by atoms with van der Waals surface area (Å²) in [4.78, 5) is 11.2. The topological polar surface area (TPSA) is 34.9 Å². The summed E-state index contributed by atoms with van der Waals surface area (Å²) in [5.41, 5.74) is 1.86. The Hall–Kier alpha value is -1.12. The molecular weight excluding hydrogens is 164 g/mol. The molecule has 0 atom stereocenters. The van der Waals surface area contributed by atoms with Crippen LogP contribution in [0.15, 0.2) is 6.20 Å². The van der Waals surface area contributed by atoms with Gasteiger partial charge in [-0.25, -0.2) is 0 Å². The molecule has 0 aromatic carbocycles. The summed E-state index contributed by atoms with van der Waals surface area (Å²) < 4.78 is 1.90. The number of carbonyl (C=O) groups is 1. The molecule has 13 heavy (non-hydrogen) atoms. The molecule has 0 radical (unpaired) electrons. The minimum atomic E-state index is 0.114. The average molecular weight is 180 g/mol. The van der Waals surface area contributed by atoms with E-state index in [4.69, 9.17) is 0 Å². The Morgan fingerprint density at radius 1 is 1.54 bits per heavy atom. The van der Waals surface area contributed by atoms with Crippen LogP contribution in [0.3, 0.4) is 0 Å². The van der Waals surface area contributed by atoms with E-state index in [2.05, 4.69) is 12.0 Å². The summed E-state index contributed by atoms with van der Waals surface area (Å²) in [5, 5.41) is 4.17. The van der Waals surface area contributed by atoms with E-state index >= 15 is 0 Å². The minimum absolute atomic E-state index is 0.114. The quantitative estimate of drug-likeness (QED) is 0.665. The van der Waals surface area contributed by atoms with Gasteiger partial charge in [0.05, 0.1) is 11.8 Å². The second kappa shape index (κ2) is 4.21. The average Bonchev–Trinajstić information content (AvgIpc) is 2.48. The molecule has 0 spiro atoms. The number of Topliss-reactive ketones (excluding diaryl/α,β-unsaturated/α-hetero) is 1. The van der Waals surface area contributed by atoms with E-state index in [1.54, 1.807) is 13.1 Å². The molecule has 72 valence electrons. The summed E-state index contributed by atoms with van der Waals surface area (Å²) in [6.07, 6.45) is 3.66. The van der Waals surface area contributed by atoms with Crippen LogP contribution in [0.1, 0.15) is 43.2 Å². The van der Waals surface area contributed by atoms with Crippen molar-refractivity contribution in [2.75, 3.05) is 0 Å². The van der Waals surface area contributed by atoms with Gasteiger partial charge in [0.2, 0.25) is 0 Å². The van der Waals surface area contributed by atoms with Crippen molar-refractivity contribution in [1.29, 1.82) is 0 Å². The molecule has 0 aliphatic carbocycles. The second-order valence-corrected chi connectivity index (χ2v) is 3.13. The van der Waals surface area contributed by atoms with E-state index < -0.39 is 0 Å². The van der Waals surface area contributed by atoms with E-state index in [-0.39, 0.29) is 5.78 Å². The van der Waals surface area contributed by atoms with Crippen molar-refractivity contribution in [3.63, 3.8) is 0 Å². The van der Waals surface area contributed by atoms with Crippen LogP contribution in [-0.2, 0) is 13.0 Å². The molecule has 0 N–H and O–H groups in total. The van der Waals surface area contributed by atoms with Crippen LogP contribution in [0.2, 0.25) is 0 Å². The van der Waals surface area contributed by atoms with Gasteiger partial charge < -0.3 is 0 Å². The van der Waals surface area contributed by atoms with Gasteiger partial charge in [-0.1, -0.05) is 13.3 Å². The predicted molar refractivity (Wildman–Crippen MR) is 51.9 cm³/mol. The summed E-state index contributed by atoms with van der Waals surface area (Å²) >= 11 is 0. The molecule has 0 fully saturated rings. The third-order valence-corrected chi connectivity index (χ3v) is 2.11. The third-order valence-electron chi connectivity index (χ3n) is 2.11. The Balaban J connectivity index is 3.06. The number of nitrogens with zero attached hydrogens (tertiary/aromatic N) is 2. The molecule has 1 heterocycles. The van der Waals surface area contributed by atoms with Crippen molar-refractivity contribution < 1.29 is 4.79 Å². The zero-order valence-electron chi connectivity index (χ0n) is 8.50. The van der Waals surface area contributed by atoms with Crippen molar-refractivity contribution in [3.05, 3.63) is 17.5 Å². The monoisotopic (exact) mass is 180 g/mol. The molecule has 3 nitrogen and oxygen atoms in total. The van der Waals surface area contributed by atoms with Crippen LogP contribution in [0.4, 0.5) is 0 Å². The molecule has 0 aliphatic rings.